The van der Waals surface area contributed by atoms with Gasteiger partial charge in [-0.05, 0) is 42.0 Å². The van der Waals surface area contributed by atoms with E-state index < -0.39 is 12.7 Å². The van der Waals surface area contributed by atoms with Gasteiger partial charge in [-0.25, -0.2) is 0 Å². The molecule has 1 unspecified atom stereocenters. The Hall–Kier alpha value is -2.89. The molecule has 3 aromatic rings. The fourth-order valence-electron chi connectivity index (χ4n) is 2.72. The van der Waals surface area contributed by atoms with Gasteiger partial charge in [0.05, 0.1) is 19.3 Å². The molecule has 4 rings (SSSR count). The molecule has 1 aliphatic heterocycles. The summed E-state index contributed by atoms with van der Waals surface area (Å²) < 4.78 is 50.4. The molecule has 0 fully saturated rings. The Morgan fingerprint density at radius 1 is 1.06 bits per heavy atom. The van der Waals surface area contributed by atoms with E-state index in [2.05, 4.69) is 14.9 Å². The first-order valence-electron chi connectivity index (χ1n) is 9.23. The largest absolute Gasteiger partial charge is 0.454 e. The van der Waals surface area contributed by atoms with Crippen LogP contribution >= 0.6 is 11.8 Å². The van der Waals surface area contributed by atoms with E-state index in [9.17, 15) is 13.9 Å². The fourth-order valence-corrected chi connectivity index (χ4v) is 3.39. The van der Waals surface area contributed by atoms with Crippen LogP contribution in [-0.4, -0.2) is 47.2 Å². The second-order valence-electron chi connectivity index (χ2n) is 6.44. The molecule has 0 spiro atoms. The predicted octanol–water partition coefficient (Wildman–Crippen LogP) is 3.74. The molecule has 0 bridgehead atoms. The van der Waals surface area contributed by atoms with Gasteiger partial charge in [-0.15, -0.1) is 10.2 Å². The van der Waals surface area contributed by atoms with Crippen LogP contribution in [0.4, 0.5) is 8.78 Å². The number of hydrogen-bond acceptors (Lipinski definition) is 9. The third-order valence-electron chi connectivity index (χ3n) is 4.15. The minimum absolute atomic E-state index is 0.0386. The molecular weight excluding hydrogens is 434 g/mol. The Labute approximate surface area is 180 Å². The van der Waals surface area contributed by atoms with Gasteiger partial charge < -0.3 is 28.5 Å². The van der Waals surface area contributed by atoms with Crippen LogP contribution in [0.2, 0.25) is 0 Å². The summed E-state index contributed by atoms with van der Waals surface area (Å²) in [5.41, 5.74) is 1.48. The van der Waals surface area contributed by atoms with E-state index in [1.807, 2.05) is 18.2 Å². The lowest BCUT2D eigenvalue weighted by molar-refractivity contribution is -0.0498. The average Bonchev–Trinajstić information content (AvgIpc) is 3.41. The molecule has 0 amide bonds. The number of alkyl halides is 2. The number of ether oxygens (including phenoxy) is 4. The maximum Gasteiger partial charge on any atom is 0.387 e. The molecule has 1 aliphatic rings. The van der Waals surface area contributed by atoms with E-state index in [1.54, 1.807) is 12.1 Å². The number of benzene rings is 2. The standard InChI is InChI=1S/C20H18F2N2O6S/c21-19(22)29-15-4-2-13(3-5-15)18-23-24-20(30-18)31-10-14(25)9-26-8-12-1-6-16-17(7-12)28-11-27-16/h1-7,14,19,25H,8-11H2. The molecule has 1 aromatic heterocycles. The van der Waals surface area contributed by atoms with E-state index in [0.29, 0.717) is 29.4 Å². The van der Waals surface area contributed by atoms with Crippen LogP contribution in [0.3, 0.4) is 0 Å². The number of halogens is 2. The number of aromatic nitrogens is 2. The van der Waals surface area contributed by atoms with Crippen molar-refractivity contribution in [3.8, 4) is 28.7 Å². The zero-order valence-corrected chi connectivity index (χ0v) is 16.9. The van der Waals surface area contributed by atoms with E-state index in [0.717, 1.165) is 5.56 Å². The minimum atomic E-state index is -2.88. The summed E-state index contributed by atoms with van der Waals surface area (Å²) in [5.74, 6) is 1.96. The fraction of sp³-hybridized carbons (Fsp3) is 0.300. The predicted molar refractivity (Wildman–Crippen MR) is 105 cm³/mol. The first kappa shape index (κ1) is 21.3. The lowest BCUT2D eigenvalue weighted by atomic mass is 10.2. The maximum absolute atomic E-state index is 12.2. The summed E-state index contributed by atoms with van der Waals surface area (Å²) in [6.07, 6.45) is -0.736. The average molecular weight is 452 g/mol. The van der Waals surface area contributed by atoms with Crippen LogP contribution in [-0.2, 0) is 11.3 Å². The molecular formula is C20H18F2N2O6S. The highest BCUT2D eigenvalue weighted by Crippen LogP contribution is 2.32. The van der Waals surface area contributed by atoms with Gasteiger partial charge in [0, 0.05) is 11.3 Å². The molecule has 0 saturated heterocycles. The zero-order chi connectivity index (χ0) is 21.6. The van der Waals surface area contributed by atoms with Gasteiger partial charge in [0.2, 0.25) is 12.7 Å². The number of rotatable bonds is 10. The molecule has 0 saturated carbocycles. The van der Waals surface area contributed by atoms with Crippen molar-refractivity contribution in [3.05, 3.63) is 48.0 Å². The number of nitrogens with zero attached hydrogens (tertiary/aromatic N) is 2. The highest BCUT2D eigenvalue weighted by molar-refractivity contribution is 7.99. The van der Waals surface area contributed by atoms with E-state index >= 15 is 0 Å². The van der Waals surface area contributed by atoms with E-state index in [-0.39, 0.29) is 30.3 Å². The molecule has 2 aromatic carbocycles. The SMILES string of the molecule is OC(COCc1ccc2c(c1)OCO2)CSc1nnc(-c2ccc(OC(F)F)cc2)o1. The van der Waals surface area contributed by atoms with E-state index in [1.165, 1.54) is 23.9 Å². The first-order valence-corrected chi connectivity index (χ1v) is 10.2. The lowest BCUT2D eigenvalue weighted by Crippen LogP contribution is -2.17. The third kappa shape index (κ3) is 5.84. The summed E-state index contributed by atoms with van der Waals surface area (Å²) in [5, 5.41) is 18.2. The highest BCUT2D eigenvalue weighted by atomic mass is 32.2. The molecule has 31 heavy (non-hydrogen) atoms. The summed E-state index contributed by atoms with van der Waals surface area (Å²) in [7, 11) is 0. The first-order chi connectivity index (χ1) is 15.1. The number of fused-ring (bicyclic) bond motifs is 1. The van der Waals surface area contributed by atoms with Crippen molar-refractivity contribution in [3.63, 3.8) is 0 Å². The zero-order valence-electron chi connectivity index (χ0n) is 16.1. The Balaban J connectivity index is 1.21. The Morgan fingerprint density at radius 2 is 1.87 bits per heavy atom. The highest BCUT2D eigenvalue weighted by Gasteiger charge is 2.15. The van der Waals surface area contributed by atoms with Crippen LogP contribution < -0.4 is 14.2 Å². The normalized spacial score (nSPS) is 13.5. The Kier molecular flexibility index (Phi) is 6.85. The van der Waals surface area contributed by atoms with Crippen molar-refractivity contribution in [1.82, 2.24) is 10.2 Å². The van der Waals surface area contributed by atoms with Crippen molar-refractivity contribution in [1.29, 1.82) is 0 Å². The Bertz CT molecular complexity index is 1000. The van der Waals surface area contributed by atoms with Gasteiger partial charge in [-0.2, -0.15) is 8.78 Å². The second kappa shape index (κ2) is 9.94. The Morgan fingerprint density at radius 3 is 2.68 bits per heavy atom. The second-order valence-corrected chi connectivity index (χ2v) is 7.41. The van der Waals surface area contributed by atoms with Crippen molar-refractivity contribution in [2.75, 3.05) is 19.2 Å². The van der Waals surface area contributed by atoms with Gasteiger partial charge in [0.25, 0.3) is 5.22 Å². The van der Waals surface area contributed by atoms with Crippen molar-refractivity contribution in [2.24, 2.45) is 0 Å². The smallest absolute Gasteiger partial charge is 0.387 e. The van der Waals surface area contributed by atoms with Crippen LogP contribution in [0.5, 0.6) is 17.2 Å². The lowest BCUT2D eigenvalue weighted by Gasteiger charge is -2.10. The molecule has 0 aliphatic carbocycles. The quantitative estimate of drug-likeness (QED) is 0.462. The maximum atomic E-state index is 12.2. The summed E-state index contributed by atoms with van der Waals surface area (Å²) in [6, 6.07) is 11.4. The summed E-state index contributed by atoms with van der Waals surface area (Å²) >= 11 is 1.19. The van der Waals surface area contributed by atoms with Crippen LogP contribution in [0.25, 0.3) is 11.5 Å². The molecule has 8 nitrogen and oxygen atoms in total. The van der Waals surface area contributed by atoms with Gasteiger partial charge >= 0.3 is 6.61 Å². The molecule has 0 radical (unpaired) electrons. The molecule has 2 heterocycles. The van der Waals surface area contributed by atoms with Crippen molar-refractivity contribution >= 4 is 11.8 Å². The topological polar surface area (TPSA) is 96.1 Å². The molecule has 164 valence electrons. The molecule has 1 N–H and O–H groups in total. The van der Waals surface area contributed by atoms with Gasteiger partial charge in [-0.3, -0.25) is 0 Å². The van der Waals surface area contributed by atoms with Gasteiger partial charge in [0.15, 0.2) is 11.5 Å². The number of hydrogen-bond donors (Lipinski definition) is 1. The summed E-state index contributed by atoms with van der Waals surface area (Å²) in [6.45, 7) is -2.21. The van der Waals surface area contributed by atoms with Crippen LogP contribution in [0, 0.1) is 0 Å². The minimum Gasteiger partial charge on any atom is -0.454 e. The van der Waals surface area contributed by atoms with Gasteiger partial charge in [0.1, 0.15) is 5.75 Å². The molecule has 11 heteroatoms. The third-order valence-corrected chi connectivity index (χ3v) is 5.11. The summed E-state index contributed by atoms with van der Waals surface area (Å²) in [4.78, 5) is 0. The van der Waals surface area contributed by atoms with Crippen LogP contribution in [0.15, 0.2) is 52.1 Å². The van der Waals surface area contributed by atoms with Gasteiger partial charge in [-0.1, -0.05) is 17.8 Å². The van der Waals surface area contributed by atoms with Crippen molar-refractivity contribution < 1.29 is 37.3 Å². The molecule has 1 atom stereocenters. The monoisotopic (exact) mass is 452 g/mol. The van der Waals surface area contributed by atoms with E-state index in [4.69, 9.17) is 18.6 Å². The number of thioether (sulfide) groups is 1. The van der Waals surface area contributed by atoms with Crippen LogP contribution in [0.1, 0.15) is 5.56 Å². The number of aliphatic hydroxyl groups excluding tert-OH is 1. The number of aliphatic hydroxyl groups is 1. The van der Waals surface area contributed by atoms with Crippen molar-refractivity contribution in [2.45, 2.75) is 24.5 Å².